The van der Waals surface area contributed by atoms with Crippen molar-refractivity contribution in [1.82, 2.24) is 10.2 Å². The summed E-state index contributed by atoms with van der Waals surface area (Å²) in [7, 11) is 0. The summed E-state index contributed by atoms with van der Waals surface area (Å²) in [6.45, 7) is 3.04. The average Bonchev–Trinajstić information content (AvgIpc) is 2.49. The van der Waals surface area contributed by atoms with Gasteiger partial charge in [0, 0.05) is 13.1 Å². The van der Waals surface area contributed by atoms with Crippen molar-refractivity contribution >= 4 is 18.3 Å². The molecule has 0 aromatic rings. The summed E-state index contributed by atoms with van der Waals surface area (Å²) >= 11 is 0. The predicted octanol–water partition coefficient (Wildman–Crippen LogP) is 3.12. The van der Waals surface area contributed by atoms with E-state index in [1.807, 2.05) is 0 Å². The zero-order chi connectivity index (χ0) is 13.1. The highest BCUT2D eigenvalue weighted by Gasteiger charge is 2.37. The van der Waals surface area contributed by atoms with Crippen molar-refractivity contribution in [2.75, 3.05) is 19.6 Å². The van der Waals surface area contributed by atoms with Gasteiger partial charge in [0.2, 0.25) is 5.91 Å². The minimum Gasteiger partial charge on any atom is -0.341 e. The molecule has 1 saturated carbocycles. The van der Waals surface area contributed by atoms with Crippen LogP contribution in [0.2, 0.25) is 0 Å². The van der Waals surface area contributed by atoms with E-state index in [0.29, 0.717) is 11.3 Å². The van der Waals surface area contributed by atoms with Crippen LogP contribution < -0.4 is 5.32 Å². The maximum atomic E-state index is 12.5. The lowest BCUT2D eigenvalue weighted by Crippen LogP contribution is -2.52. The molecule has 4 heteroatoms. The van der Waals surface area contributed by atoms with Crippen molar-refractivity contribution in [1.29, 1.82) is 0 Å². The van der Waals surface area contributed by atoms with Crippen molar-refractivity contribution in [3.63, 3.8) is 0 Å². The van der Waals surface area contributed by atoms with Gasteiger partial charge in [0.1, 0.15) is 0 Å². The van der Waals surface area contributed by atoms with Crippen molar-refractivity contribution in [3.8, 4) is 0 Å². The molecule has 2 aliphatic heterocycles. The quantitative estimate of drug-likeness (QED) is 0.807. The number of carbonyl (C=O) groups is 1. The van der Waals surface area contributed by atoms with Crippen molar-refractivity contribution in [3.05, 3.63) is 0 Å². The highest BCUT2D eigenvalue weighted by molar-refractivity contribution is 5.85. The molecule has 1 atom stereocenters. The number of amides is 1. The van der Waals surface area contributed by atoms with Gasteiger partial charge in [0.05, 0.1) is 6.04 Å². The Morgan fingerprint density at radius 1 is 0.950 bits per heavy atom. The smallest absolute Gasteiger partial charge is 0.239 e. The molecular weight excluding hydrogens is 272 g/mol. The van der Waals surface area contributed by atoms with Gasteiger partial charge in [-0.3, -0.25) is 4.79 Å². The van der Waals surface area contributed by atoms with Crippen LogP contribution in [0.5, 0.6) is 0 Å². The standard InChI is InChI=1S/C16H28N2O.ClH/c19-15(14-6-2-5-11-17-14)18-12-9-16(10-13-18)7-3-1-4-8-16;/h14,17H,1-13H2;1H/t14-;/m0./s1. The fraction of sp³-hybridized carbons (Fsp3) is 0.938. The Morgan fingerprint density at radius 3 is 2.25 bits per heavy atom. The highest BCUT2D eigenvalue weighted by Crippen LogP contribution is 2.44. The number of rotatable bonds is 1. The Kier molecular flexibility index (Phi) is 5.74. The van der Waals surface area contributed by atoms with Gasteiger partial charge >= 0.3 is 0 Å². The number of piperidine rings is 2. The summed E-state index contributed by atoms with van der Waals surface area (Å²) in [6.07, 6.45) is 13.1. The fourth-order valence-corrected chi connectivity index (χ4v) is 4.29. The zero-order valence-electron chi connectivity index (χ0n) is 12.5. The van der Waals surface area contributed by atoms with Crippen LogP contribution in [0.15, 0.2) is 0 Å². The molecule has 116 valence electrons. The molecule has 1 spiro atoms. The maximum Gasteiger partial charge on any atom is 0.239 e. The van der Waals surface area contributed by atoms with Crippen LogP contribution in [0.25, 0.3) is 0 Å². The molecule has 20 heavy (non-hydrogen) atoms. The van der Waals surface area contributed by atoms with E-state index in [1.54, 1.807) is 0 Å². The Hall–Kier alpha value is -0.280. The lowest BCUT2D eigenvalue weighted by molar-refractivity contribution is -0.136. The number of halogens is 1. The summed E-state index contributed by atoms with van der Waals surface area (Å²) in [4.78, 5) is 14.6. The maximum absolute atomic E-state index is 12.5. The molecule has 1 N–H and O–H groups in total. The molecule has 0 unspecified atom stereocenters. The van der Waals surface area contributed by atoms with E-state index < -0.39 is 0 Å². The molecule has 3 fully saturated rings. The van der Waals surface area contributed by atoms with Gasteiger partial charge in [-0.15, -0.1) is 12.4 Å². The third-order valence-electron chi connectivity index (χ3n) is 5.66. The Labute approximate surface area is 129 Å². The van der Waals surface area contributed by atoms with Crippen LogP contribution in [0.4, 0.5) is 0 Å². The number of nitrogens with one attached hydrogen (secondary N) is 1. The molecule has 2 saturated heterocycles. The van der Waals surface area contributed by atoms with Crippen LogP contribution in [-0.2, 0) is 4.79 Å². The Balaban J connectivity index is 0.00000147. The minimum absolute atomic E-state index is 0. The fourth-order valence-electron chi connectivity index (χ4n) is 4.29. The molecule has 0 radical (unpaired) electrons. The van der Waals surface area contributed by atoms with E-state index in [0.717, 1.165) is 26.1 Å². The molecular formula is C16H29ClN2O. The summed E-state index contributed by atoms with van der Waals surface area (Å²) in [5, 5.41) is 3.40. The van der Waals surface area contributed by atoms with Crippen LogP contribution in [0, 0.1) is 5.41 Å². The largest absolute Gasteiger partial charge is 0.341 e. The van der Waals surface area contributed by atoms with Crippen molar-refractivity contribution < 1.29 is 4.79 Å². The number of carbonyl (C=O) groups excluding carboxylic acids is 1. The van der Waals surface area contributed by atoms with E-state index in [1.165, 1.54) is 57.8 Å². The summed E-state index contributed by atoms with van der Waals surface area (Å²) in [6, 6.07) is 0.120. The van der Waals surface area contributed by atoms with E-state index >= 15 is 0 Å². The lowest BCUT2D eigenvalue weighted by atomic mass is 9.68. The van der Waals surface area contributed by atoms with Gasteiger partial charge in [-0.2, -0.15) is 0 Å². The lowest BCUT2D eigenvalue weighted by Gasteiger charge is -2.45. The normalized spacial score (nSPS) is 29.8. The minimum atomic E-state index is 0. The van der Waals surface area contributed by atoms with Crippen LogP contribution in [0.1, 0.15) is 64.2 Å². The second kappa shape index (κ2) is 7.13. The predicted molar refractivity (Wildman–Crippen MR) is 84.2 cm³/mol. The molecule has 0 aromatic carbocycles. The van der Waals surface area contributed by atoms with Gasteiger partial charge in [0.25, 0.3) is 0 Å². The van der Waals surface area contributed by atoms with Gasteiger partial charge < -0.3 is 10.2 Å². The third kappa shape index (κ3) is 3.48. The first-order valence-corrected chi connectivity index (χ1v) is 8.31. The van der Waals surface area contributed by atoms with Crippen LogP contribution >= 0.6 is 12.4 Å². The molecule has 3 rings (SSSR count). The second-order valence-corrected chi connectivity index (χ2v) is 6.89. The topological polar surface area (TPSA) is 32.3 Å². The summed E-state index contributed by atoms with van der Waals surface area (Å²) < 4.78 is 0. The number of nitrogens with zero attached hydrogens (tertiary/aromatic N) is 1. The second-order valence-electron chi connectivity index (χ2n) is 6.89. The van der Waals surface area contributed by atoms with E-state index in [9.17, 15) is 4.79 Å². The number of likely N-dealkylation sites (tertiary alicyclic amines) is 1. The van der Waals surface area contributed by atoms with E-state index in [2.05, 4.69) is 10.2 Å². The van der Waals surface area contributed by atoms with Gasteiger partial charge in [-0.1, -0.05) is 25.7 Å². The van der Waals surface area contributed by atoms with Gasteiger partial charge in [-0.05, 0) is 50.5 Å². The molecule has 3 nitrogen and oxygen atoms in total. The average molecular weight is 301 g/mol. The van der Waals surface area contributed by atoms with Gasteiger partial charge in [0.15, 0.2) is 0 Å². The highest BCUT2D eigenvalue weighted by atomic mass is 35.5. The first-order chi connectivity index (χ1) is 9.29. The summed E-state index contributed by atoms with van der Waals surface area (Å²) in [5.41, 5.74) is 0.606. The molecule has 1 aliphatic carbocycles. The molecule has 0 bridgehead atoms. The van der Waals surface area contributed by atoms with E-state index in [4.69, 9.17) is 0 Å². The first kappa shape index (κ1) is 16.1. The molecule has 1 amide bonds. The van der Waals surface area contributed by atoms with E-state index in [-0.39, 0.29) is 18.4 Å². The zero-order valence-corrected chi connectivity index (χ0v) is 13.3. The number of hydrogen-bond donors (Lipinski definition) is 1. The summed E-state index contributed by atoms with van der Waals surface area (Å²) in [5.74, 6) is 0.380. The molecule has 0 aromatic heterocycles. The molecule has 3 aliphatic rings. The van der Waals surface area contributed by atoms with Crippen LogP contribution in [-0.4, -0.2) is 36.5 Å². The van der Waals surface area contributed by atoms with Crippen molar-refractivity contribution in [2.45, 2.75) is 70.3 Å². The Bertz CT molecular complexity index is 312. The van der Waals surface area contributed by atoms with Gasteiger partial charge in [-0.25, -0.2) is 0 Å². The molecule has 2 heterocycles. The monoisotopic (exact) mass is 300 g/mol. The van der Waals surface area contributed by atoms with Crippen molar-refractivity contribution in [2.24, 2.45) is 5.41 Å². The number of hydrogen-bond acceptors (Lipinski definition) is 2. The SMILES string of the molecule is Cl.O=C([C@@H]1CCCCN1)N1CCC2(CCCCC2)CC1. The van der Waals surface area contributed by atoms with Crippen LogP contribution in [0.3, 0.4) is 0 Å². The third-order valence-corrected chi connectivity index (χ3v) is 5.66. The first-order valence-electron chi connectivity index (χ1n) is 8.31. The Morgan fingerprint density at radius 2 is 1.65 bits per heavy atom.